The second-order valence-electron chi connectivity index (χ2n) is 2.00. The van der Waals surface area contributed by atoms with E-state index in [9.17, 15) is 0 Å². The number of aryl methyl sites for hydroxylation is 1. The molecule has 0 radical (unpaired) electrons. The highest BCUT2D eigenvalue weighted by molar-refractivity contribution is 7.13. The topological polar surface area (TPSA) is 38.7 Å². The molecule has 0 atom stereocenters. The molecular weight excluding hydrogens is 146 g/mol. The van der Waals surface area contributed by atoms with E-state index in [2.05, 4.69) is 14.3 Å². The molecule has 50 valence electrons. The highest BCUT2D eigenvalue weighted by Crippen LogP contribution is 2.16. The molecule has 0 spiro atoms. The lowest BCUT2D eigenvalue weighted by molar-refractivity contribution is 1.21. The van der Waals surface area contributed by atoms with Gasteiger partial charge in [-0.05, 0) is 18.5 Å². The summed E-state index contributed by atoms with van der Waals surface area (Å²) < 4.78 is 5.19. The van der Waals surface area contributed by atoms with Gasteiger partial charge in [0.25, 0.3) is 0 Å². The summed E-state index contributed by atoms with van der Waals surface area (Å²) in [4.78, 5) is 7.96. The molecule has 0 aliphatic carbocycles. The maximum absolute atomic E-state index is 4.13. The van der Waals surface area contributed by atoms with Gasteiger partial charge in [0.1, 0.15) is 11.8 Å². The summed E-state index contributed by atoms with van der Waals surface area (Å²) >= 11 is 1.44. The molecule has 0 bridgehead atoms. The number of nitrogens with zero attached hydrogens (tertiary/aromatic N) is 3. The Kier molecular flexibility index (Phi) is 1.14. The monoisotopic (exact) mass is 151 g/mol. The normalized spacial score (nSPS) is 10.5. The zero-order chi connectivity index (χ0) is 6.97. The van der Waals surface area contributed by atoms with Crippen LogP contribution >= 0.6 is 11.5 Å². The zero-order valence-electron chi connectivity index (χ0n) is 5.40. The van der Waals surface area contributed by atoms with Gasteiger partial charge < -0.3 is 0 Å². The Balaban J connectivity index is 2.93. The predicted molar refractivity (Wildman–Crippen MR) is 39.9 cm³/mol. The Labute approximate surface area is 61.9 Å². The first-order valence-corrected chi connectivity index (χ1v) is 3.67. The lowest BCUT2D eigenvalue weighted by Crippen LogP contribution is -1.76. The fourth-order valence-corrected chi connectivity index (χ4v) is 1.53. The van der Waals surface area contributed by atoms with E-state index in [0.717, 1.165) is 15.9 Å². The van der Waals surface area contributed by atoms with E-state index in [-0.39, 0.29) is 0 Å². The van der Waals surface area contributed by atoms with Crippen LogP contribution in [0.4, 0.5) is 0 Å². The Hall–Kier alpha value is -1.03. The smallest absolute Gasteiger partial charge is 0.116 e. The van der Waals surface area contributed by atoms with Crippen molar-refractivity contribution in [1.29, 1.82) is 0 Å². The number of fused-ring (bicyclic) bond motifs is 1. The van der Waals surface area contributed by atoms with Crippen LogP contribution in [0.15, 0.2) is 12.5 Å². The predicted octanol–water partition coefficient (Wildman–Crippen LogP) is 1.39. The van der Waals surface area contributed by atoms with Gasteiger partial charge in [-0.15, -0.1) is 0 Å². The van der Waals surface area contributed by atoms with Crippen molar-refractivity contribution in [2.24, 2.45) is 0 Å². The van der Waals surface area contributed by atoms with Crippen LogP contribution in [-0.4, -0.2) is 14.3 Å². The third kappa shape index (κ3) is 0.690. The van der Waals surface area contributed by atoms with Crippen molar-refractivity contribution in [3.8, 4) is 0 Å². The molecule has 0 aliphatic rings. The first-order valence-electron chi connectivity index (χ1n) is 2.90. The number of hydrogen-bond donors (Lipinski definition) is 0. The van der Waals surface area contributed by atoms with E-state index in [0.29, 0.717) is 0 Å². The number of aromatic nitrogens is 3. The van der Waals surface area contributed by atoms with Gasteiger partial charge in [0.05, 0.1) is 10.4 Å². The minimum atomic E-state index is 0.972. The van der Waals surface area contributed by atoms with Crippen molar-refractivity contribution in [3.63, 3.8) is 0 Å². The van der Waals surface area contributed by atoms with Crippen LogP contribution in [0.25, 0.3) is 10.2 Å². The molecule has 0 saturated carbocycles. The molecule has 0 N–H and O–H groups in total. The standard InChI is InChI=1S/C6H5N3S/c1-4-6-5(10-9-4)2-7-3-8-6/h2-3H,1H3. The summed E-state index contributed by atoms with van der Waals surface area (Å²) in [5.41, 5.74) is 1.96. The molecule has 4 heteroatoms. The van der Waals surface area contributed by atoms with Gasteiger partial charge in [-0.2, -0.15) is 4.37 Å². The lowest BCUT2D eigenvalue weighted by atomic mass is 10.4. The van der Waals surface area contributed by atoms with Crippen molar-refractivity contribution in [2.45, 2.75) is 6.92 Å². The van der Waals surface area contributed by atoms with Gasteiger partial charge >= 0.3 is 0 Å². The van der Waals surface area contributed by atoms with Crippen LogP contribution in [0.2, 0.25) is 0 Å². The van der Waals surface area contributed by atoms with Crippen LogP contribution in [0.3, 0.4) is 0 Å². The Morgan fingerprint density at radius 2 is 2.40 bits per heavy atom. The molecule has 3 nitrogen and oxygen atoms in total. The van der Waals surface area contributed by atoms with Crippen molar-refractivity contribution < 1.29 is 0 Å². The van der Waals surface area contributed by atoms with Gasteiger partial charge in [0.15, 0.2) is 0 Å². The molecule has 0 amide bonds. The molecule has 0 aliphatic heterocycles. The quantitative estimate of drug-likeness (QED) is 0.571. The maximum Gasteiger partial charge on any atom is 0.116 e. The summed E-state index contributed by atoms with van der Waals surface area (Å²) in [6.45, 7) is 1.95. The van der Waals surface area contributed by atoms with E-state index in [4.69, 9.17) is 0 Å². The minimum Gasteiger partial charge on any atom is -0.243 e. The lowest BCUT2D eigenvalue weighted by Gasteiger charge is -1.83. The van der Waals surface area contributed by atoms with Crippen LogP contribution in [0.1, 0.15) is 5.69 Å². The van der Waals surface area contributed by atoms with Crippen LogP contribution < -0.4 is 0 Å². The molecule has 2 aromatic heterocycles. The van der Waals surface area contributed by atoms with Crippen molar-refractivity contribution in [1.82, 2.24) is 14.3 Å². The molecule has 10 heavy (non-hydrogen) atoms. The fourth-order valence-electron chi connectivity index (χ4n) is 0.816. The average Bonchev–Trinajstić information content (AvgIpc) is 2.34. The first kappa shape index (κ1) is 5.73. The number of hydrogen-bond acceptors (Lipinski definition) is 4. The van der Waals surface area contributed by atoms with Crippen molar-refractivity contribution in [3.05, 3.63) is 18.2 Å². The van der Waals surface area contributed by atoms with Crippen LogP contribution in [-0.2, 0) is 0 Å². The van der Waals surface area contributed by atoms with Crippen LogP contribution in [0, 0.1) is 6.92 Å². The van der Waals surface area contributed by atoms with E-state index >= 15 is 0 Å². The Morgan fingerprint density at radius 3 is 3.20 bits per heavy atom. The summed E-state index contributed by atoms with van der Waals surface area (Å²) in [6, 6.07) is 0. The van der Waals surface area contributed by atoms with E-state index in [1.165, 1.54) is 11.5 Å². The Bertz CT molecular complexity index is 355. The van der Waals surface area contributed by atoms with Gasteiger partial charge in [-0.25, -0.2) is 9.97 Å². The molecule has 2 aromatic rings. The molecule has 0 aromatic carbocycles. The Morgan fingerprint density at radius 1 is 1.50 bits per heavy atom. The molecule has 2 rings (SSSR count). The molecule has 0 unspecified atom stereocenters. The van der Waals surface area contributed by atoms with Gasteiger partial charge in [-0.3, -0.25) is 0 Å². The van der Waals surface area contributed by atoms with Crippen molar-refractivity contribution >= 4 is 21.7 Å². The SMILES string of the molecule is Cc1nsc2cncnc12. The van der Waals surface area contributed by atoms with Gasteiger partial charge in [0.2, 0.25) is 0 Å². The van der Waals surface area contributed by atoms with E-state index in [1.54, 1.807) is 12.5 Å². The molecule has 0 fully saturated rings. The second-order valence-corrected chi connectivity index (χ2v) is 2.81. The average molecular weight is 151 g/mol. The maximum atomic E-state index is 4.13. The summed E-state index contributed by atoms with van der Waals surface area (Å²) in [5.74, 6) is 0. The van der Waals surface area contributed by atoms with E-state index in [1.807, 2.05) is 6.92 Å². The summed E-state index contributed by atoms with van der Waals surface area (Å²) in [7, 11) is 0. The molecule has 0 saturated heterocycles. The molecule has 2 heterocycles. The third-order valence-corrected chi connectivity index (χ3v) is 2.16. The highest BCUT2D eigenvalue weighted by Gasteiger charge is 1.99. The largest absolute Gasteiger partial charge is 0.243 e. The zero-order valence-corrected chi connectivity index (χ0v) is 6.22. The third-order valence-electron chi connectivity index (χ3n) is 1.30. The second kappa shape index (κ2) is 1.98. The van der Waals surface area contributed by atoms with Gasteiger partial charge in [-0.1, -0.05) is 0 Å². The summed E-state index contributed by atoms with van der Waals surface area (Å²) in [6.07, 6.45) is 3.33. The first-order chi connectivity index (χ1) is 4.88. The summed E-state index contributed by atoms with van der Waals surface area (Å²) in [5, 5.41) is 0. The van der Waals surface area contributed by atoms with E-state index < -0.39 is 0 Å². The fraction of sp³-hybridized carbons (Fsp3) is 0.167. The highest BCUT2D eigenvalue weighted by atomic mass is 32.1. The molecular formula is C6H5N3S. The van der Waals surface area contributed by atoms with Crippen LogP contribution in [0.5, 0.6) is 0 Å². The van der Waals surface area contributed by atoms with Gasteiger partial charge in [0, 0.05) is 6.20 Å². The minimum absolute atomic E-state index is 0.972. The number of rotatable bonds is 0. The van der Waals surface area contributed by atoms with Crippen molar-refractivity contribution in [2.75, 3.05) is 0 Å².